The Balaban J connectivity index is 1.21. The van der Waals surface area contributed by atoms with E-state index in [1.807, 2.05) is 43.3 Å². The molecule has 2 aromatic carbocycles. The van der Waals surface area contributed by atoms with Crippen LogP contribution in [-0.4, -0.2) is 28.3 Å². The third-order valence-corrected chi connectivity index (χ3v) is 8.94. The first kappa shape index (κ1) is 19.9. The minimum atomic E-state index is -0.200. The van der Waals surface area contributed by atoms with Gasteiger partial charge in [0.1, 0.15) is 0 Å². The summed E-state index contributed by atoms with van der Waals surface area (Å²) in [6.07, 6.45) is 5.14. The van der Waals surface area contributed by atoms with Crippen molar-refractivity contribution in [3.05, 3.63) is 65.7 Å². The number of rotatable bonds is 5. The van der Waals surface area contributed by atoms with Crippen LogP contribution in [0, 0.1) is 30.6 Å². The molecule has 1 aliphatic heterocycles. The number of nitrogens with zero attached hydrogens (tertiary/aromatic N) is 2. The number of fused-ring (bicyclic) bond motifs is 6. The Morgan fingerprint density at radius 3 is 2.44 bits per heavy atom. The molecule has 5 nitrogen and oxygen atoms in total. The second kappa shape index (κ2) is 7.39. The standard InChI is InChI=1S/C25H20N2O3S2/c1-13-2-4-14(5-3-13)19(28)12-31-25-26-18-9-8-17(11-20(18)32-25)27-23(29)21-15-6-7-16(10-15)22(21)24(27)30/h2-9,11,15-16,21-22H,10,12H2,1H3/t15-,16-,21-,22+/m0/s1. The number of carbonyl (C=O) groups is 3. The number of aromatic nitrogens is 1. The van der Waals surface area contributed by atoms with Gasteiger partial charge in [0.25, 0.3) is 0 Å². The Kier molecular flexibility index (Phi) is 4.59. The molecule has 1 saturated heterocycles. The van der Waals surface area contributed by atoms with Crippen LogP contribution in [0.15, 0.2) is 59.0 Å². The maximum Gasteiger partial charge on any atom is 0.238 e. The van der Waals surface area contributed by atoms with Crippen molar-refractivity contribution in [2.45, 2.75) is 17.7 Å². The van der Waals surface area contributed by atoms with Gasteiger partial charge in [0.15, 0.2) is 10.1 Å². The predicted molar refractivity (Wildman–Crippen MR) is 126 cm³/mol. The summed E-state index contributed by atoms with van der Waals surface area (Å²) in [4.78, 5) is 44.6. The molecule has 160 valence electrons. The molecule has 2 aliphatic carbocycles. The van der Waals surface area contributed by atoms with E-state index in [-0.39, 0.29) is 41.3 Å². The van der Waals surface area contributed by atoms with Gasteiger partial charge in [-0.25, -0.2) is 9.88 Å². The molecular formula is C25H20N2O3S2. The van der Waals surface area contributed by atoms with Gasteiger partial charge >= 0.3 is 0 Å². The summed E-state index contributed by atoms with van der Waals surface area (Å²) in [7, 11) is 0. The van der Waals surface area contributed by atoms with Gasteiger partial charge in [-0.3, -0.25) is 14.4 Å². The highest BCUT2D eigenvalue weighted by molar-refractivity contribution is 8.01. The molecule has 3 aliphatic rings. The summed E-state index contributed by atoms with van der Waals surface area (Å²) in [6.45, 7) is 2.00. The van der Waals surface area contributed by atoms with Crippen LogP contribution < -0.4 is 4.90 Å². The zero-order chi connectivity index (χ0) is 22.0. The lowest BCUT2D eigenvalue weighted by Gasteiger charge is -2.17. The summed E-state index contributed by atoms with van der Waals surface area (Å²) in [5.74, 6) is 0.247. The molecule has 7 heteroatoms. The number of thiazole rings is 1. The van der Waals surface area contributed by atoms with E-state index in [4.69, 9.17) is 0 Å². The van der Waals surface area contributed by atoms with E-state index in [1.54, 1.807) is 6.07 Å². The maximum atomic E-state index is 13.1. The minimum absolute atomic E-state index is 0.0676. The van der Waals surface area contributed by atoms with E-state index in [1.165, 1.54) is 28.0 Å². The number of ketones is 1. The van der Waals surface area contributed by atoms with Crippen molar-refractivity contribution in [1.29, 1.82) is 0 Å². The fourth-order valence-electron chi connectivity index (χ4n) is 5.20. The molecule has 3 aromatic rings. The Hall–Kier alpha value is -2.77. The number of hydrogen-bond donors (Lipinski definition) is 0. The van der Waals surface area contributed by atoms with Crippen LogP contribution in [0.1, 0.15) is 22.3 Å². The van der Waals surface area contributed by atoms with E-state index >= 15 is 0 Å². The number of hydrogen-bond acceptors (Lipinski definition) is 6. The Bertz CT molecular complexity index is 1280. The van der Waals surface area contributed by atoms with Crippen molar-refractivity contribution in [3.63, 3.8) is 0 Å². The maximum absolute atomic E-state index is 13.1. The summed E-state index contributed by atoms with van der Waals surface area (Å²) < 4.78 is 1.71. The van der Waals surface area contributed by atoms with E-state index in [9.17, 15) is 14.4 Å². The van der Waals surface area contributed by atoms with Gasteiger partial charge in [-0.2, -0.15) is 0 Å². The molecule has 2 bridgehead atoms. The van der Waals surface area contributed by atoms with Crippen LogP contribution in [0.3, 0.4) is 0 Å². The van der Waals surface area contributed by atoms with Crippen LogP contribution in [0.5, 0.6) is 0 Å². The third kappa shape index (κ3) is 3.06. The fraction of sp³-hybridized carbons (Fsp3) is 0.280. The molecule has 6 rings (SSSR count). The van der Waals surface area contributed by atoms with Crippen LogP contribution in [-0.2, 0) is 9.59 Å². The number of thioether (sulfide) groups is 1. The van der Waals surface area contributed by atoms with Gasteiger partial charge in [0.05, 0.1) is 33.5 Å². The van der Waals surface area contributed by atoms with Gasteiger partial charge in [-0.1, -0.05) is 53.7 Å². The smallest absolute Gasteiger partial charge is 0.238 e. The lowest BCUT2D eigenvalue weighted by molar-refractivity contribution is -0.123. The number of imide groups is 1. The zero-order valence-electron chi connectivity index (χ0n) is 17.4. The quantitative estimate of drug-likeness (QED) is 0.235. The molecule has 0 unspecified atom stereocenters. The molecule has 2 amide bonds. The van der Waals surface area contributed by atoms with Crippen molar-refractivity contribution in [3.8, 4) is 0 Å². The molecule has 2 fully saturated rings. The highest BCUT2D eigenvalue weighted by Gasteiger charge is 2.59. The largest absolute Gasteiger partial charge is 0.293 e. The zero-order valence-corrected chi connectivity index (χ0v) is 19.0. The molecule has 2 heterocycles. The summed E-state index contributed by atoms with van der Waals surface area (Å²) >= 11 is 2.90. The molecule has 1 aromatic heterocycles. The molecule has 4 atom stereocenters. The van der Waals surface area contributed by atoms with E-state index in [2.05, 4.69) is 17.1 Å². The SMILES string of the molecule is Cc1ccc(C(=O)CSc2nc3ccc(N4C(=O)[C@@H]5[C@H](C4=O)[C@H]4C=C[C@H]5C4)cc3s2)cc1. The van der Waals surface area contributed by atoms with Crippen LogP contribution in [0.25, 0.3) is 10.2 Å². The number of allylic oxidation sites excluding steroid dienone is 2. The Morgan fingerprint density at radius 1 is 1.06 bits per heavy atom. The van der Waals surface area contributed by atoms with Crippen molar-refractivity contribution < 1.29 is 14.4 Å². The van der Waals surface area contributed by atoms with E-state index in [0.717, 1.165) is 26.5 Å². The number of aryl methyl sites for hydroxylation is 1. The van der Waals surface area contributed by atoms with E-state index in [0.29, 0.717) is 17.0 Å². The van der Waals surface area contributed by atoms with Crippen molar-refractivity contribution >= 4 is 56.6 Å². The topological polar surface area (TPSA) is 67.3 Å². The van der Waals surface area contributed by atoms with Crippen LogP contribution in [0.4, 0.5) is 5.69 Å². The van der Waals surface area contributed by atoms with Gasteiger partial charge < -0.3 is 0 Å². The summed E-state index contributed by atoms with van der Waals surface area (Å²) in [5.41, 5.74) is 3.26. The monoisotopic (exact) mass is 460 g/mol. The Labute approximate surface area is 193 Å². The second-order valence-corrected chi connectivity index (χ2v) is 11.0. The molecule has 1 saturated carbocycles. The summed E-state index contributed by atoms with van der Waals surface area (Å²) in [5, 5.41) is 0. The molecule has 0 N–H and O–H groups in total. The summed E-state index contributed by atoms with van der Waals surface area (Å²) in [6, 6.07) is 13.1. The van der Waals surface area contributed by atoms with E-state index < -0.39 is 0 Å². The molecular weight excluding hydrogens is 440 g/mol. The minimum Gasteiger partial charge on any atom is -0.293 e. The molecule has 0 radical (unpaired) electrons. The number of anilines is 1. The lowest BCUT2D eigenvalue weighted by Crippen LogP contribution is -2.32. The van der Waals surface area contributed by atoms with Gasteiger partial charge in [-0.15, -0.1) is 11.3 Å². The fourth-order valence-corrected chi connectivity index (χ4v) is 7.20. The first-order chi connectivity index (χ1) is 15.5. The third-order valence-electron chi connectivity index (χ3n) is 6.78. The highest BCUT2D eigenvalue weighted by atomic mass is 32.2. The molecule has 0 spiro atoms. The number of benzene rings is 2. The number of carbonyl (C=O) groups excluding carboxylic acids is 3. The highest BCUT2D eigenvalue weighted by Crippen LogP contribution is 2.53. The van der Waals surface area contributed by atoms with Crippen molar-refractivity contribution in [1.82, 2.24) is 4.98 Å². The first-order valence-corrected chi connectivity index (χ1v) is 12.5. The molecule has 32 heavy (non-hydrogen) atoms. The van der Waals surface area contributed by atoms with Crippen molar-refractivity contribution in [2.24, 2.45) is 23.7 Å². The van der Waals surface area contributed by atoms with Crippen LogP contribution in [0.2, 0.25) is 0 Å². The van der Waals surface area contributed by atoms with Gasteiger partial charge in [0.2, 0.25) is 11.8 Å². The Morgan fingerprint density at radius 2 is 1.75 bits per heavy atom. The second-order valence-electron chi connectivity index (χ2n) is 8.72. The lowest BCUT2D eigenvalue weighted by atomic mass is 9.85. The van der Waals surface area contributed by atoms with Crippen LogP contribution >= 0.6 is 23.1 Å². The number of Topliss-reactive ketones (excluding diaryl/α,β-unsaturated/α-hetero) is 1. The number of amides is 2. The normalized spacial score (nSPS) is 25.8. The van der Waals surface area contributed by atoms with Crippen molar-refractivity contribution in [2.75, 3.05) is 10.7 Å². The average molecular weight is 461 g/mol. The van der Waals surface area contributed by atoms with Gasteiger partial charge in [-0.05, 0) is 43.4 Å². The van der Waals surface area contributed by atoms with Gasteiger partial charge in [0, 0.05) is 5.56 Å². The predicted octanol–water partition coefficient (Wildman–Crippen LogP) is 4.89. The average Bonchev–Trinajstić information content (AvgIpc) is 3.55. The first-order valence-electron chi connectivity index (χ1n) is 10.7.